The Morgan fingerprint density at radius 2 is 1.58 bits per heavy atom. The Morgan fingerprint density at radius 3 is 2.14 bits per heavy atom. The zero-order valence-electron chi connectivity index (χ0n) is 22.0. The van der Waals surface area contributed by atoms with E-state index in [0.29, 0.717) is 12.8 Å². The Morgan fingerprint density at radius 1 is 1.03 bits per heavy atom. The largest absolute Gasteiger partial charge is 0.462 e. The first-order chi connectivity index (χ1) is 16.6. The second-order valence-electron chi connectivity index (χ2n) is 10.8. The lowest BCUT2D eigenvalue weighted by Gasteiger charge is -2.58. The van der Waals surface area contributed by atoms with Crippen LogP contribution in [0.25, 0.3) is 0 Å². The van der Waals surface area contributed by atoms with E-state index in [9.17, 15) is 29.4 Å². The summed E-state index contributed by atoms with van der Waals surface area (Å²) in [6.45, 7) is 10.5. The van der Waals surface area contributed by atoms with Gasteiger partial charge in [0, 0.05) is 38.5 Å². The second kappa shape index (κ2) is 10.1. The normalized spacial score (nSPS) is 44.1. The monoisotopic (exact) mass is 510 g/mol. The molecule has 1 saturated carbocycles. The molecule has 2 aliphatic carbocycles. The molecule has 0 spiro atoms. The average molecular weight is 511 g/mol. The summed E-state index contributed by atoms with van der Waals surface area (Å²) in [6.07, 6.45) is -2.79. The van der Waals surface area contributed by atoms with Crippen molar-refractivity contribution in [1.29, 1.82) is 0 Å². The van der Waals surface area contributed by atoms with E-state index in [-0.39, 0.29) is 6.42 Å². The smallest absolute Gasteiger partial charge is 0.312 e. The van der Waals surface area contributed by atoms with Crippen LogP contribution in [0.2, 0.25) is 0 Å². The molecule has 3 aliphatic rings. The van der Waals surface area contributed by atoms with E-state index in [1.54, 1.807) is 26.8 Å². The number of ether oxygens (including phenoxy) is 4. The number of esters is 4. The number of allylic oxidation sites excluding steroid dienone is 1. The number of rotatable bonds is 3. The third kappa shape index (κ3) is 4.77. The van der Waals surface area contributed by atoms with Crippen molar-refractivity contribution in [2.24, 2.45) is 23.2 Å². The Kier molecular flexibility index (Phi) is 7.91. The molecule has 1 saturated heterocycles. The van der Waals surface area contributed by atoms with Gasteiger partial charge in [-0.25, -0.2) is 0 Å². The van der Waals surface area contributed by atoms with Crippen molar-refractivity contribution >= 4 is 23.9 Å². The van der Waals surface area contributed by atoms with Crippen LogP contribution < -0.4 is 0 Å². The second-order valence-corrected chi connectivity index (χ2v) is 10.8. The first-order valence-corrected chi connectivity index (χ1v) is 12.4. The van der Waals surface area contributed by atoms with Gasteiger partial charge in [-0.05, 0) is 38.7 Å². The Hall–Kier alpha value is -2.46. The first kappa shape index (κ1) is 28.1. The standard InChI is InChI=1S/C26H38O10/c1-12-8-9-19(33-15(4)27)25(7)20(34-16(5)28)11-18(30)13(2)22(25)23(35-17(6)29)26(32)14(3)24(31)36-21(26)10-12/h10,13-14,18-23,30,32H,8-9,11H2,1-7H3/b12-10-/t13-,14-,18-,19-,20-,21-,22+,23?,25-,26-/m0/s1. The molecule has 0 aromatic heterocycles. The molecule has 0 aromatic carbocycles. The average Bonchev–Trinajstić information content (AvgIpc) is 2.97. The fourth-order valence-electron chi connectivity index (χ4n) is 6.47. The highest BCUT2D eigenvalue weighted by molar-refractivity contribution is 5.77. The fourth-order valence-corrected chi connectivity index (χ4v) is 6.47. The van der Waals surface area contributed by atoms with E-state index in [0.717, 1.165) is 5.57 Å². The van der Waals surface area contributed by atoms with Gasteiger partial charge in [0.25, 0.3) is 0 Å². The summed E-state index contributed by atoms with van der Waals surface area (Å²) in [5.41, 5.74) is -2.44. The summed E-state index contributed by atoms with van der Waals surface area (Å²) in [6, 6.07) is 0. The lowest BCUT2D eigenvalue weighted by Crippen LogP contribution is -2.68. The molecule has 0 amide bonds. The summed E-state index contributed by atoms with van der Waals surface area (Å²) in [4.78, 5) is 49.6. The van der Waals surface area contributed by atoms with Gasteiger partial charge in [-0.15, -0.1) is 0 Å². The van der Waals surface area contributed by atoms with Gasteiger partial charge in [-0.1, -0.05) is 19.4 Å². The third-order valence-electron chi connectivity index (χ3n) is 8.41. The van der Waals surface area contributed by atoms with Crippen molar-refractivity contribution in [3.8, 4) is 0 Å². The molecule has 0 aromatic rings. The number of fused-ring (bicyclic) bond motifs is 2. The quantitative estimate of drug-likeness (QED) is 0.328. The molecule has 2 N–H and O–H groups in total. The van der Waals surface area contributed by atoms with Crippen LogP contribution in [0.1, 0.15) is 67.7 Å². The number of carbonyl (C=O) groups is 4. The van der Waals surface area contributed by atoms with Crippen molar-refractivity contribution in [1.82, 2.24) is 0 Å². The number of hydrogen-bond acceptors (Lipinski definition) is 10. The summed E-state index contributed by atoms with van der Waals surface area (Å²) in [5, 5.41) is 23.3. The van der Waals surface area contributed by atoms with E-state index >= 15 is 0 Å². The Bertz CT molecular complexity index is 943. The molecule has 1 heterocycles. The molecule has 1 aliphatic heterocycles. The van der Waals surface area contributed by atoms with Gasteiger partial charge >= 0.3 is 23.9 Å². The van der Waals surface area contributed by atoms with Crippen LogP contribution in [-0.4, -0.2) is 70.2 Å². The van der Waals surface area contributed by atoms with Crippen LogP contribution in [0.5, 0.6) is 0 Å². The van der Waals surface area contributed by atoms with E-state index in [4.69, 9.17) is 18.9 Å². The molecule has 0 bridgehead atoms. The van der Waals surface area contributed by atoms with Gasteiger partial charge in [0.15, 0.2) is 11.7 Å². The maximum absolute atomic E-state index is 12.7. The maximum Gasteiger partial charge on any atom is 0.312 e. The summed E-state index contributed by atoms with van der Waals surface area (Å²) in [5.74, 6) is -5.08. The van der Waals surface area contributed by atoms with E-state index in [1.807, 2.05) is 0 Å². The molecule has 1 unspecified atom stereocenters. The molecule has 10 heteroatoms. The van der Waals surface area contributed by atoms with E-state index in [2.05, 4.69) is 0 Å². The molecule has 202 valence electrons. The molecule has 10 atom stereocenters. The van der Waals surface area contributed by atoms with E-state index < -0.39 is 83.2 Å². The van der Waals surface area contributed by atoms with Crippen LogP contribution in [0, 0.1) is 23.2 Å². The maximum atomic E-state index is 12.7. The van der Waals surface area contributed by atoms with Crippen molar-refractivity contribution < 1.29 is 48.3 Å². The molecule has 0 radical (unpaired) electrons. The molecule has 3 rings (SSSR count). The summed E-state index contributed by atoms with van der Waals surface area (Å²) in [7, 11) is 0. The Balaban J connectivity index is 2.36. The zero-order chi connectivity index (χ0) is 27.2. The number of carbonyl (C=O) groups excluding carboxylic acids is 4. The van der Waals surface area contributed by atoms with Gasteiger partial charge in [-0.2, -0.15) is 0 Å². The molecule has 36 heavy (non-hydrogen) atoms. The predicted molar refractivity (Wildman–Crippen MR) is 125 cm³/mol. The molecular weight excluding hydrogens is 472 g/mol. The van der Waals surface area contributed by atoms with Crippen LogP contribution in [-0.2, 0) is 38.1 Å². The highest BCUT2D eigenvalue weighted by Crippen LogP contribution is 2.56. The lowest BCUT2D eigenvalue weighted by molar-refractivity contribution is -0.250. The summed E-state index contributed by atoms with van der Waals surface area (Å²) >= 11 is 0. The van der Waals surface area contributed by atoms with Crippen LogP contribution in [0.3, 0.4) is 0 Å². The minimum absolute atomic E-state index is 0.0555. The molecule has 10 nitrogen and oxygen atoms in total. The topological polar surface area (TPSA) is 146 Å². The van der Waals surface area contributed by atoms with Crippen molar-refractivity contribution in [3.05, 3.63) is 11.6 Å². The summed E-state index contributed by atoms with van der Waals surface area (Å²) < 4.78 is 22.9. The molecule has 2 fully saturated rings. The van der Waals surface area contributed by atoms with Crippen LogP contribution >= 0.6 is 0 Å². The van der Waals surface area contributed by atoms with Crippen LogP contribution in [0.15, 0.2) is 11.6 Å². The number of aliphatic hydroxyl groups excluding tert-OH is 1. The van der Waals surface area contributed by atoms with Crippen LogP contribution in [0.4, 0.5) is 0 Å². The Labute approximate surface area is 211 Å². The predicted octanol–water partition coefficient (Wildman–Crippen LogP) is 1.84. The van der Waals surface area contributed by atoms with Crippen molar-refractivity contribution in [2.75, 3.05) is 0 Å². The number of hydrogen-bond donors (Lipinski definition) is 2. The van der Waals surface area contributed by atoms with Gasteiger partial charge in [0.1, 0.15) is 18.3 Å². The van der Waals surface area contributed by atoms with Crippen molar-refractivity contribution in [3.63, 3.8) is 0 Å². The highest BCUT2D eigenvalue weighted by Gasteiger charge is 2.68. The highest BCUT2D eigenvalue weighted by atomic mass is 16.6. The minimum Gasteiger partial charge on any atom is -0.462 e. The zero-order valence-corrected chi connectivity index (χ0v) is 22.0. The first-order valence-electron chi connectivity index (χ1n) is 12.4. The minimum atomic E-state index is -2.00. The van der Waals surface area contributed by atoms with Gasteiger partial charge in [0.2, 0.25) is 0 Å². The lowest BCUT2D eigenvalue weighted by atomic mass is 9.52. The van der Waals surface area contributed by atoms with E-state index in [1.165, 1.54) is 27.7 Å². The third-order valence-corrected chi connectivity index (χ3v) is 8.41. The SMILES string of the molecule is CC(=O)OC1[C@H]2[C@@H](C)[C@@H](O)C[C@H](OC(C)=O)[C@]2(C)[C@@H](OC(C)=O)CC/C(C)=C\[C@@H]2OC(=O)[C@H](C)[C@@]12O. The fraction of sp³-hybridized carbons (Fsp3) is 0.769. The van der Waals surface area contributed by atoms with Gasteiger partial charge in [-0.3, -0.25) is 19.2 Å². The van der Waals surface area contributed by atoms with Gasteiger partial charge in [0.05, 0.1) is 12.0 Å². The number of aliphatic hydroxyl groups is 2. The molecular formula is C26H38O10. The van der Waals surface area contributed by atoms with Crippen molar-refractivity contribution in [2.45, 2.75) is 104 Å². The van der Waals surface area contributed by atoms with Gasteiger partial charge < -0.3 is 29.2 Å².